The van der Waals surface area contributed by atoms with Crippen molar-refractivity contribution in [2.24, 2.45) is 0 Å². The summed E-state index contributed by atoms with van der Waals surface area (Å²) in [4.78, 5) is 15.4. The number of hydrogen-bond donors (Lipinski definition) is 2. The molecule has 0 atom stereocenters. The van der Waals surface area contributed by atoms with E-state index in [0.717, 1.165) is 0 Å². The monoisotopic (exact) mass is 251 g/mol. The smallest absolute Gasteiger partial charge is 0.246 e. The zero-order chi connectivity index (χ0) is 12.3. The first kappa shape index (κ1) is 11.4. The van der Waals surface area contributed by atoms with Crippen molar-refractivity contribution in [2.75, 3.05) is 11.1 Å². The van der Waals surface area contributed by atoms with Gasteiger partial charge < -0.3 is 11.1 Å². The zero-order valence-corrected chi connectivity index (χ0v) is 9.55. The van der Waals surface area contributed by atoms with E-state index >= 15 is 0 Å². The molecule has 88 valence electrons. The van der Waals surface area contributed by atoms with Gasteiger partial charge in [0.25, 0.3) is 0 Å². The molecule has 0 saturated carbocycles. The number of nitrogens with two attached hydrogens (primary N) is 1. The number of rotatable bonds is 3. The van der Waals surface area contributed by atoms with Crippen LogP contribution in [-0.2, 0) is 11.3 Å². The average molecular weight is 252 g/mol. The zero-order valence-electron chi connectivity index (χ0n) is 8.80. The van der Waals surface area contributed by atoms with Gasteiger partial charge >= 0.3 is 0 Å². The maximum absolute atomic E-state index is 11.6. The Kier molecular flexibility index (Phi) is 3.24. The molecule has 7 heteroatoms. The summed E-state index contributed by atoms with van der Waals surface area (Å²) in [5.41, 5.74) is 6.65. The summed E-state index contributed by atoms with van der Waals surface area (Å²) < 4.78 is 1.41. The minimum atomic E-state index is -0.246. The Morgan fingerprint density at radius 3 is 3.06 bits per heavy atom. The van der Waals surface area contributed by atoms with Crippen LogP contribution in [0, 0.1) is 0 Å². The van der Waals surface area contributed by atoms with Crippen molar-refractivity contribution in [2.45, 2.75) is 6.54 Å². The summed E-state index contributed by atoms with van der Waals surface area (Å²) >= 11 is 5.81. The highest BCUT2D eigenvalue weighted by Gasteiger charge is 2.06. The first-order valence-electron chi connectivity index (χ1n) is 4.82. The minimum Gasteiger partial charge on any atom is -0.397 e. The van der Waals surface area contributed by atoms with Crippen molar-refractivity contribution in [3.05, 3.63) is 35.9 Å². The number of halogens is 1. The molecule has 0 aliphatic carbocycles. The SMILES string of the molecule is Nc1ccc(Cl)cc1NC(=O)Cn1cncn1. The first-order chi connectivity index (χ1) is 8.15. The van der Waals surface area contributed by atoms with Gasteiger partial charge in [-0.25, -0.2) is 9.67 Å². The predicted molar refractivity (Wildman–Crippen MR) is 64.5 cm³/mol. The highest BCUT2D eigenvalue weighted by molar-refractivity contribution is 6.31. The van der Waals surface area contributed by atoms with Gasteiger partial charge in [-0.15, -0.1) is 0 Å². The molecule has 0 saturated heterocycles. The van der Waals surface area contributed by atoms with Crippen molar-refractivity contribution in [3.8, 4) is 0 Å². The number of benzene rings is 1. The Balaban J connectivity index is 2.05. The number of amides is 1. The molecule has 0 aliphatic heterocycles. The number of nitrogen functional groups attached to an aromatic ring is 1. The molecule has 0 fully saturated rings. The normalized spacial score (nSPS) is 10.2. The van der Waals surface area contributed by atoms with Gasteiger partial charge in [0.05, 0.1) is 11.4 Å². The van der Waals surface area contributed by atoms with Gasteiger partial charge in [0.2, 0.25) is 5.91 Å². The maximum atomic E-state index is 11.6. The summed E-state index contributed by atoms with van der Waals surface area (Å²) in [6.07, 6.45) is 2.82. The molecule has 1 amide bonds. The van der Waals surface area contributed by atoms with E-state index in [1.165, 1.54) is 17.3 Å². The van der Waals surface area contributed by atoms with Crippen LogP contribution in [0.1, 0.15) is 0 Å². The molecule has 0 spiro atoms. The largest absolute Gasteiger partial charge is 0.397 e. The van der Waals surface area contributed by atoms with E-state index in [2.05, 4.69) is 15.4 Å². The van der Waals surface area contributed by atoms with Gasteiger partial charge in [-0.1, -0.05) is 11.6 Å². The molecular weight excluding hydrogens is 242 g/mol. The fourth-order valence-electron chi connectivity index (χ4n) is 1.29. The van der Waals surface area contributed by atoms with Crippen LogP contribution in [0.15, 0.2) is 30.9 Å². The van der Waals surface area contributed by atoms with Crippen molar-refractivity contribution < 1.29 is 4.79 Å². The van der Waals surface area contributed by atoms with E-state index in [1.807, 2.05) is 0 Å². The van der Waals surface area contributed by atoms with E-state index in [1.54, 1.807) is 18.2 Å². The van der Waals surface area contributed by atoms with Crippen molar-refractivity contribution in [1.82, 2.24) is 14.8 Å². The quantitative estimate of drug-likeness (QED) is 0.802. The number of anilines is 2. The lowest BCUT2D eigenvalue weighted by Gasteiger charge is -2.08. The summed E-state index contributed by atoms with van der Waals surface area (Å²) in [5, 5.41) is 6.99. The van der Waals surface area contributed by atoms with E-state index in [9.17, 15) is 4.79 Å². The molecule has 2 aromatic rings. The van der Waals surface area contributed by atoms with Crippen molar-refractivity contribution in [1.29, 1.82) is 0 Å². The lowest BCUT2D eigenvalue weighted by atomic mass is 10.2. The summed E-state index contributed by atoms with van der Waals surface area (Å²) in [5.74, 6) is -0.246. The molecule has 0 bridgehead atoms. The maximum Gasteiger partial charge on any atom is 0.246 e. The molecule has 2 rings (SSSR count). The number of carbonyl (C=O) groups excluding carboxylic acids is 1. The van der Waals surface area contributed by atoms with Crippen LogP contribution >= 0.6 is 11.6 Å². The molecular formula is C10H10ClN5O. The van der Waals surface area contributed by atoms with E-state index in [-0.39, 0.29) is 12.5 Å². The third-order valence-corrected chi connectivity index (χ3v) is 2.30. The van der Waals surface area contributed by atoms with Crippen LogP contribution in [0.4, 0.5) is 11.4 Å². The number of nitrogens with one attached hydrogen (secondary N) is 1. The van der Waals surface area contributed by atoms with Crippen LogP contribution < -0.4 is 11.1 Å². The molecule has 1 aromatic heterocycles. The van der Waals surface area contributed by atoms with E-state index in [4.69, 9.17) is 17.3 Å². The molecule has 1 heterocycles. The molecule has 0 aliphatic rings. The molecule has 1 aromatic carbocycles. The van der Waals surface area contributed by atoms with Crippen LogP contribution in [0.2, 0.25) is 5.02 Å². The molecule has 0 unspecified atom stereocenters. The van der Waals surface area contributed by atoms with Gasteiger partial charge in [0.1, 0.15) is 19.2 Å². The Morgan fingerprint density at radius 1 is 1.53 bits per heavy atom. The van der Waals surface area contributed by atoms with E-state index in [0.29, 0.717) is 16.4 Å². The standard InChI is InChI=1S/C10H10ClN5O/c11-7-1-2-8(12)9(3-7)15-10(17)4-16-6-13-5-14-16/h1-3,5-6H,4,12H2,(H,15,17). The molecule has 6 nitrogen and oxygen atoms in total. The highest BCUT2D eigenvalue weighted by atomic mass is 35.5. The lowest BCUT2D eigenvalue weighted by Crippen LogP contribution is -2.19. The van der Waals surface area contributed by atoms with Crippen LogP contribution in [0.25, 0.3) is 0 Å². The third kappa shape index (κ3) is 2.94. The Morgan fingerprint density at radius 2 is 2.35 bits per heavy atom. The van der Waals surface area contributed by atoms with Gasteiger partial charge in [0, 0.05) is 5.02 Å². The van der Waals surface area contributed by atoms with Gasteiger partial charge in [0.15, 0.2) is 0 Å². The minimum absolute atomic E-state index is 0.0754. The average Bonchev–Trinajstić information content (AvgIpc) is 2.76. The fourth-order valence-corrected chi connectivity index (χ4v) is 1.46. The Bertz CT molecular complexity index is 525. The van der Waals surface area contributed by atoms with Gasteiger partial charge in [-0.3, -0.25) is 4.79 Å². The molecule has 3 N–H and O–H groups in total. The lowest BCUT2D eigenvalue weighted by molar-refractivity contribution is -0.116. The van der Waals surface area contributed by atoms with Crippen molar-refractivity contribution in [3.63, 3.8) is 0 Å². The van der Waals surface area contributed by atoms with Crippen LogP contribution in [0.5, 0.6) is 0 Å². The topological polar surface area (TPSA) is 85.8 Å². The second-order valence-corrected chi connectivity index (χ2v) is 3.81. The Hall–Kier alpha value is -2.08. The fraction of sp³-hybridized carbons (Fsp3) is 0.100. The number of carbonyl (C=O) groups is 1. The van der Waals surface area contributed by atoms with Gasteiger partial charge in [-0.05, 0) is 18.2 Å². The Labute approximate surface area is 102 Å². The number of hydrogen-bond acceptors (Lipinski definition) is 4. The summed E-state index contributed by atoms with van der Waals surface area (Å²) in [7, 11) is 0. The second kappa shape index (κ2) is 4.84. The van der Waals surface area contributed by atoms with Crippen LogP contribution in [0.3, 0.4) is 0 Å². The first-order valence-corrected chi connectivity index (χ1v) is 5.20. The highest BCUT2D eigenvalue weighted by Crippen LogP contribution is 2.22. The summed E-state index contributed by atoms with van der Waals surface area (Å²) in [6.45, 7) is 0.0754. The molecule has 0 radical (unpaired) electrons. The van der Waals surface area contributed by atoms with Crippen LogP contribution in [-0.4, -0.2) is 20.7 Å². The molecule has 17 heavy (non-hydrogen) atoms. The number of aromatic nitrogens is 3. The van der Waals surface area contributed by atoms with Gasteiger partial charge in [-0.2, -0.15) is 5.10 Å². The summed E-state index contributed by atoms with van der Waals surface area (Å²) in [6, 6.07) is 4.88. The third-order valence-electron chi connectivity index (χ3n) is 2.06. The number of nitrogens with zero attached hydrogens (tertiary/aromatic N) is 3. The second-order valence-electron chi connectivity index (χ2n) is 3.37. The predicted octanol–water partition coefficient (Wildman–Crippen LogP) is 1.15. The van der Waals surface area contributed by atoms with E-state index < -0.39 is 0 Å². The van der Waals surface area contributed by atoms with Crippen molar-refractivity contribution >= 4 is 28.9 Å².